The van der Waals surface area contributed by atoms with Gasteiger partial charge in [0.25, 0.3) is 0 Å². The summed E-state index contributed by atoms with van der Waals surface area (Å²) in [6.07, 6.45) is 3.14. The van der Waals surface area contributed by atoms with E-state index in [9.17, 15) is 4.39 Å². The predicted molar refractivity (Wildman–Crippen MR) is 82.2 cm³/mol. The fraction of sp³-hybridized carbons (Fsp3) is 1.00. The molecule has 0 aromatic heterocycles. The van der Waals surface area contributed by atoms with Gasteiger partial charge in [-0.3, -0.25) is 0 Å². The lowest BCUT2D eigenvalue weighted by atomic mass is 9.86. The summed E-state index contributed by atoms with van der Waals surface area (Å²) in [6.45, 7) is 10.9. The van der Waals surface area contributed by atoms with Crippen molar-refractivity contribution in [3.63, 3.8) is 0 Å². The molecule has 0 fully saturated rings. The minimum atomic E-state index is -1.01. The molecule has 19 heavy (non-hydrogen) atoms. The first-order valence-corrected chi connectivity index (χ1v) is 7.77. The van der Waals surface area contributed by atoms with Gasteiger partial charge in [-0.2, -0.15) is 0 Å². The molecule has 0 bridgehead atoms. The van der Waals surface area contributed by atoms with Crippen LogP contribution in [0.4, 0.5) is 4.39 Å². The third kappa shape index (κ3) is 9.36. The van der Waals surface area contributed by atoms with Crippen molar-refractivity contribution in [2.24, 2.45) is 5.92 Å². The van der Waals surface area contributed by atoms with Crippen LogP contribution in [0.3, 0.4) is 0 Å². The molecule has 0 aliphatic rings. The van der Waals surface area contributed by atoms with Crippen molar-refractivity contribution < 1.29 is 4.39 Å². The van der Waals surface area contributed by atoms with Gasteiger partial charge in [0.2, 0.25) is 0 Å². The van der Waals surface area contributed by atoms with Gasteiger partial charge in [-0.25, -0.2) is 4.39 Å². The fourth-order valence-corrected chi connectivity index (χ4v) is 2.44. The van der Waals surface area contributed by atoms with E-state index in [1.165, 1.54) is 0 Å². The largest absolute Gasteiger partial charge is 0.317 e. The number of alkyl halides is 1. The molecule has 3 unspecified atom stereocenters. The normalized spacial score (nSPS) is 18.0. The van der Waals surface area contributed by atoms with E-state index in [0.29, 0.717) is 25.2 Å². The summed E-state index contributed by atoms with van der Waals surface area (Å²) in [4.78, 5) is 0. The zero-order valence-corrected chi connectivity index (χ0v) is 13.5. The van der Waals surface area contributed by atoms with Gasteiger partial charge in [0.1, 0.15) is 5.67 Å². The number of rotatable bonds is 12. The second-order valence-electron chi connectivity index (χ2n) is 5.73. The first-order chi connectivity index (χ1) is 8.97. The molecule has 116 valence electrons. The maximum Gasteiger partial charge on any atom is 0.112 e. The molecule has 0 heterocycles. The second kappa shape index (κ2) is 10.6. The van der Waals surface area contributed by atoms with Crippen molar-refractivity contribution in [3.05, 3.63) is 0 Å². The van der Waals surface area contributed by atoms with E-state index in [1.807, 2.05) is 7.05 Å². The fourth-order valence-electron chi connectivity index (χ4n) is 2.44. The van der Waals surface area contributed by atoms with Gasteiger partial charge >= 0.3 is 0 Å². The Kier molecular flexibility index (Phi) is 10.5. The average Bonchev–Trinajstić information content (AvgIpc) is 2.36. The van der Waals surface area contributed by atoms with Crippen molar-refractivity contribution >= 4 is 0 Å². The lowest BCUT2D eigenvalue weighted by Crippen LogP contribution is -2.41. The van der Waals surface area contributed by atoms with E-state index < -0.39 is 5.67 Å². The molecule has 3 atom stereocenters. The second-order valence-corrected chi connectivity index (χ2v) is 5.73. The molecule has 0 aromatic carbocycles. The summed E-state index contributed by atoms with van der Waals surface area (Å²) in [5.41, 5.74) is -1.01. The lowest BCUT2D eigenvalue weighted by molar-refractivity contribution is 0.101. The van der Waals surface area contributed by atoms with Crippen LogP contribution in [-0.2, 0) is 0 Å². The highest BCUT2D eigenvalue weighted by Crippen LogP contribution is 2.30. The van der Waals surface area contributed by atoms with E-state index in [-0.39, 0.29) is 6.17 Å². The summed E-state index contributed by atoms with van der Waals surface area (Å²) < 4.78 is 14.9. The van der Waals surface area contributed by atoms with Crippen molar-refractivity contribution in [2.45, 2.75) is 65.2 Å². The molecule has 3 N–H and O–H groups in total. The van der Waals surface area contributed by atoms with Gasteiger partial charge in [-0.05, 0) is 58.8 Å². The van der Waals surface area contributed by atoms with Crippen molar-refractivity contribution in [1.82, 2.24) is 16.0 Å². The Morgan fingerprint density at radius 1 is 1.16 bits per heavy atom. The van der Waals surface area contributed by atoms with E-state index in [2.05, 4.69) is 43.6 Å². The molecule has 0 saturated heterocycles. The molecular weight excluding hydrogens is 241 g/mol. The van der Waals surface area contributed by atoms with Crippen LogP contribution < -0.4 is 16.0 Å². The first-order valence-electron chi connectivity index (χ1n) is 7.77. The Balaban J connectivity index is 4.14. The maximum atomic E-state index is 14.9. The molecule has 0 aliphatic heterocycles. The van der Waals surface area contributed by atoms with Gasteiger partial charge < -0.3 is 16.0 Å². The zero-order chi connectivity index (χ0) is 14.7. The summed E-state index contributed by atoms with van der Waals surface area (Å²) in [5.74, 6) is 0.356. The molecular formula is C15H34FN3. The van der Waals surface area contributed by atoms with Gasteiger partial charge in [-0.1, -0.05) is 27.2 Å². The molecule has 0 spiro atoms. The topological polar surface area (TPSA) is 36.1 Å². The monoisotopic (exact) mass is 275 g/mol. The Morgan fingerprint density at radius 3 is 2.37 bits per heavy atom. The van der Waals surface area contributed by atoms with Crippen LogP contribution in [0.2, 0.25) is 0 Å². The average molecular weight is 275 g/mol. The summed E-state index contributed by atoms with van der Waals surface area (Å²) in [7, 11) is 1.93. The Hall–Kier alpha value is -0.190. The molecule has 3 nitrogen and oxygen atoms in total. The number of halogens is 1. The minimum absolute atomic E-state index is 0.282. The predicted octanol–water partition coefficient (Wildman–Crippen LogP) is 2.68. The molecule has 4 heteroatoms. The van der Waals surface area contributed by atoms with Gasteiger partial charge in [-0.15, -0.1) is 0 Å². The van der Waals surface area contributed by atoms with E-state index in [4.69, 9.17) is 0 Å². The van der Waals surface area contributed by atoms with E-state index in [0.717, 1.165) is 26.1 Å². The van der Waals surface area contributed by atoms with E-state index in [1.54, 1.807) is 0 Å². The Morgan fingerprint density at radius 2 is 1.84 bits per heavy atom. The third-order valence-corrected chi connectivity index (χ3v) is 3.62. The molecule has 0 radical (unpaired) electrons. The Labute approximate surface area is 119 Å². The summed E-state index contributed by atoms with van der Waals surface area (Å²) in [5, 5.41) is 9.74. The van der Waals surface area contributed by atoms with Crippen molar-refractivity contribution in [3.8, 4) is 0 Å². The van der Waals surface area contributed by atoms with Crippen LogP contribution >= 0.6 is 0 Å². The van der Waals surface area contributed by atoms with Crippen LogP contribution in [-0.4, -0.2) is 38.5 Å². The highest BCUT2D eigenvalue weighted by Gasteiger charge is 2.30. The smallest absolute Gasteiger partial charge is 0.112 e. The molecule has 0 saturated carbocycles. The summed E-state index contributed by atoms with van der Waals surface area (Å²) >= 11 is 0. The Bertz CT molecular complexity index is 214. The van der Waals surface area contributed by atoms with Crippen LogP contribution in [0.1, 0.15) is 53.4 Å². The highest BCUT2D eigenvalue weighted by atomic mass is 19.1. The number of nitrogens with one attached hydrogen (secondary N) is 3. The number of hydrogen-bond donors (Lipinski definition) is 3. The standard InChI is InChI=1S/C15H34FN3/c1-6-8-15(16,9-10-18-7-2)11-13(3)12-19-14(4)17-5/h13-14,17-19H,6-12H2,1-5H3. The van der Waals surface area contributed by atoms with Crippen LogP contribution in [0.5, 0.6) is 0 Å². The van der Waals surface area contributed by atoms with Gasteiger partial charge in [0, 0.05) is 0 Å². The van der Waals surface area contributed by atoms with Crippen LogP contribution in [0.25, 0.3) is 0 Å². The van der Waals surface area contributed by atoms with Crippen LogP contribution in [0.15, 0.2) is 0 Å². The third-order valence-electron chi connectivity index (χ3n) is 3.62. The molecule has 0 amide bonds. The first kappa shape index (κ1) is 18.8. The van der Waals surface area contributed by atoms with Crippen LogP contribution in [0, 0.1) is 5.92 Å². The van der Waals surface area contributed by atoms with E-state index >= 15 is 0 Å². The maximum absolute atomic E-state index is 14.9. The van der Waals surface area contributed by atoms with Gasteiger partial charge in [0.05, 0.1) is 6.17 Å². The number of hydrogen-bond acceptors (Lipinski definition) is 3. The molecule has 0 rings (SSSR count). The highest BCUT2D eigenvalue weighted by molar-refractivity contribution is 4.82. The minimum Gasteiger partial charge on any atom is -0.317 e. The zero-order valence-electron chi connectivity index (χ0n) is 13.5. The lowest BCUT2D eigenvalue weighted by Gasteiger charge is -2.29. The van der Waals surface area contributed by atoms with Crippen molar-refractivity contribution in [1.29, 1.82) is 0 Å². The summed E-state index contributed by atoms with van der Waals surface area (Å²) in [6, 6.07) is 0. The molecule has 0 aromatic rings. The van der Waals surface area contributed by atoms with Crippen molar-refractivity contribution in [2.75, 3.05) is 26.7 Å². The molecule has 0 aliphatic carbocycles. The SMILES string of the molecule is CCCC(F)(CCNCC)CC(C)CNC(C)NC. The van der Waals surface area contributed by atoms with Gasteiger partial charge in [0.15, 0.2) is 0 Å². The quantitative estimate of drug-likeness (QED) is 0.378.